The van der Waals surface area contributed by atoms with E-state index in [-0.39, 0.29) is 0 Å². The van der Waals surface area contributed by atoms with Crippen molar-refractivity contribution < 1.29 is 0 Å². The summed E-state index contributed by atoms with van der Waals surface area (Å²) < 4.78 is 0. The van der Waals surface area contributed by atoms with Gasteiger partial charge in [-0.3, -0.25) is 0 Å². The average Bonchev–Trinajstić information content (AvgIpc) is 2.05. The van der Waals surface area contributed by atoms with Crippen LogP contribution in [-0.2, 0) is 0 Å². The normalized spacial score (nSPS) is 40.8. The zero-order valence-corrected chi connectivity index (χ0v) is 6.55. The molecule has 0 aromatic carbocycles. The van der Waals surface area contributed by atoms with Crippen LogP contribution in [0.3, 0.4) is 0 Å². The van der Waals surface area contributed by atoms with E-state index < -0.39 is 0 Å². The van der Waals surface area contributed by atoms with Gasteiger partial charge in [0.25, 0.3) is 0 Å². The van der Waals surface area contributed by atoms with Crippen molar-refractivity contribution in [3.05, 3.63) is 12.8 Å². The molecule has 2 aliphatic carbocycles. The molecule has 2 fully saturated rings. The summed E-state index contributed by atoms with van der Waals surface area (Å²) in [4.78, 5) is 0. The van der Waals surface area contributed by atoms with Crippen molar-refractivity contribution >= 4 is 0 Å². The van der Waals surface area contributed by atoms with Crippen LogP contribution in [-0.4, -0.2) is 0 Å². The van der Waals surface area contributed by atoms with Gasteiger partial charge in [-0.1, -0.05) is 12.8 Å². The van der Waals surface area contributed by atoms with Gasteiger partial charge in [-0.2, -0.15) is 0 Å². The van der Waals surface area contributed by atoms with Crippen LogP contribution >= 0.6 is 0 Å². The third kappa shape index (κ3) is 1.21. The Hall–Kier alpha value is 0. The molecular formula is C10H16. The molecule has 0 bridgehead atoms. The Balaban J connectivity index is 1.93. The van der Waals surface area contributed by atoms with E-state index >= 15 is 0 Å². The molecule has 2 aliphatic rings. The van der Waals surface area contributed by atoms with E-state index in [1.54, 1.807) is 0 Å². The smallest absolute Gasteiger partial charge is 0.0352 e. The lowest BCUT2D eigenvalue weighted by atomic mass is 9.71. The van der Waals surface area contributed by atoms with Gasteiger partial charge in [0.2, 0.25) is 0 Å². The van der Waals surface area contributed by atoms with E-state index in [4.69, 9.17) is 0 Å². The zero-order valence-electron chi connectivity index (χ0n) is 6.55. The number of hydrogen-bond acceptors (Lipinski definition) is 0. The lowest BCUT2D eigenvalue weighted by molar-refractivity contribution is 0.275. The van der Waals surface area contributed by atoms with Gasteiger partial charge in [0.1, 0.15) is 0 Å². The fraction of sp³-hybridized carbons (Fsp3) is 0.800. The van der Waals surface area contributed by atoms with Gasteiger partial charge in [-0.05, 0) is 50.4 Å². The molecule has 2 saturated carbocycles. The van der Waals surface area contributed by atoms with Crippen molar-refractivity contribution in [1.82, 2.24) is 0 Å². The molecule has 0 amide bonds. The highest BCUT2D eigenvalue weighted by Gasteiger charge is 2.27. The van der Waals surface area contributed by atoms with Gasteiger partial charge in [-0.25, -0.2) is 0 Å². The zero-order chi connectivity index (χ0) is 6.81. The predicted molar refractivity (Wildman–Crippen MR) is 43.3 cm³/mol. The van der Waals surface area contributed by atoms with E-state index in [1.165, 1.54) is 38.5 Å². The second-order valence-electron chi connectivity index (χ2n) is 3.66. The van der Waals surface area contributed by atoms with E-state index in [1.807, 2.05) is 0 Å². The summed E-state index contributed by atoms with van der Waals surface area (Å²) in [5.41, 5.74) is 0. The summed E-state index contributed by atoms with van der Waals surface area (Å²) in [7, 11) is 0. The predicted octanol–water partition coefficient (Wildman–Crippen LogP) is 3.00. The van der Waals surface area contributed by atoms with E-state index in [2.05, 4.69) is 12.8 Å². The molecule has 0 nitrogen and oxygen atoms in total. The first-order chi connectivity index (χ1) is 4.97. The van der Waals surface area contributed by atoms with Crippen molar-refractivity contribution in [3.8, 4) is 0 Å². The fourth-order valence-corrected chi connectivity index (χ4v) is 2.38. The van der Waals surface area contributed by atoms with Gasteiger partial charge in [0, 0.05) is 0 Å². The maximum atomic E-state index is 2.56. The van der Waals surface area contributed by atoms with Crippen LogP contribution < -0.4 is 0 Å². The van der Waals surface area contributed by atoms with Crippen LogP contribution in [0.4, 0.5) is 0 Å². The Kier molecular flexibility index (Phi) is 1.97. The Morgan fingerprint density at radius 2 is 1.30 bits per heavy atom. The van der Waals surface area contributed by atoms with Crippen molar-refractivity contribution in [2.45, 2.75) is 38.5 Å². The second kappa shape index (κ2) is 2.94. The maximum absolute atomic E-state index is 2.56. The van der Waals surface area contributed by atoms with E-state index in [0.29, 0.717) is 0 Å². The summed E-state index contributed by atoms with van der Waals surface area (Å²) >= 11 is 0. The minimum atomic E-state index is 0.975. The molecule has 10 heavy (non-hydrogen) atoms. The highest BCUT2D eigenvalue weighted by atomic mass is 14.3. The monoisotopic (exact) mass is 136 g/mol. The first-order valence-electron chi connectivity index (χ1n) is 4.63. The van der Waals surface area contributed by atoms with Gasteiger partial charge >= 0.3 is 0 Å². The third-order valence-corrected chi connectivity index (χ3v) is 2.97. The molecule has 2 atom stereocenters. The minimum Gasteiger partial charge on any atom is -0.0527 e. The SMILES string of the molecule is [CH]1CCCC2[CH]CCCC12. The molecule has 0 aromatic heterocycles. The molecule has 2 rings (SSSR count). The Morgan fingerprint density at radius 1 is 0.800 bits per heavy atom. The second-order valence-corrected chi connectivity index (χ2v) is 3.66. The van der Waals surface area contributed by atoms with Crippen molar-refractivity contribution in [2.24, 2.45) is 11.8 Å². The first-order valence-corrected chi connectivity index (χ1v) is 4.63. The molecule has 0 heteroatoms. The Morgan fingerprint density at radius 3 is 1.80 bits per heavy atom. The number of fused-ring (bicyclic) bond motifs is 1. The third-order valence-electron chi connectivity index (χ3n) is 2.97. The van der Waals surface area contributed by atoms with Gasteiger partial charge in [-0.15, -0.1) is 0 Å². The van der Waals surface area contributed by atoms with Crippen molar-refractivity contribution in [1.29, 1.82) is 0 Å². The van der Waals surface area contributed by atoms with E-state index in [9.17, 15) is 0 Å². The number of hydrogen-bond donors (Lipinski definition) is 0. The quantitative estimate of drug-likeness (QED) is 0.480. The molecule has 0 saturated heterocycles. The topological polar surface area (TPSA) is 0 Å². The Labute approximate surface area is 64.0 Å². The molecule has 2 unspecified atom stereocenters. The van der Waals surface area contributed by atoms with Crippen LogP contribution in [0.5, 0.6) is 0 Å². The summed E-state index contributed by atoms with van der Waals surface area (Å²) in [6.45, 7) is 0. The molecule has 2 radical (unpaired) electrons. The highest BCUT2D eigenvalue weighted by molar-refractivity contribution is 4.96. The van der Waals surface area contributed by atoms with Crippen LogP contribution in [0.15, 0.2) is 0 Å². The molecule has 0 heterocycles. The molecule has 0 spiro atoms. The van der Waals surface area contributed by atoms with Gasteiger partial charge in [0.15, 0.2) is 0 Å². The van der Waals surface area contributed by atoms with Crippen molar-refractivity contribution in [2.75, 3.05) is 0 Å². The summed E-state index contributed by atoms with van der Waals surface area (Å²) in [5.74, 6) is 1.95. The van der Waals surface area contributed by atoms with Crippen LogP contribution in [0, 0.1) is 24.7 Å². The molecular weight excluding hydrogens is 120 g/mol. The van der Waals surface area contributed by atoms with E-state index in [0.717, 1.165) is 11.8 Å². The van der Waals surface area contributed by atoms with Gasteiger partial charge < -0.3 is 0 Å². The number of rotatable bonds is 0. The van der Waals surface area contributed by atoms with Crippen LogP contribution in [0.1, 0.15) is 38.5 Å². The molecule has 0 aliphatic heterocycles. The Bertz CT molecular complexity index is 80.6. The maximum Gasteiger partial charge on any atom is -0.0352 e. The van der Waals surface area contributed by atoms with Gasteiger partial charge in [0.05, 0.1) is 0 Å². The first kappa shape index (κ1) is 6.69. The molecule has 56 valence electrons. The standard InChI is InChI=1S/C10H16/c1-2-6-10-8-4-3-7-9(10)5-1/h5,8-10H,1-4,6-7H2. The summed E-state index contributed by atoms with van der Waals surface area (Å²) in [5, 5.41) is 0. The van der Waals surface area contributed by atoms with Crippen LogP contribution in [0.2, 0.25) is 0 Å². The lowest BCUT2D eigenvalue weighted by Gasteiger charge is -2.34. The van der Waals surface area contributed by atoms with Crippen LogP contribution in [0.25, 0.3) is 0 Å². The molecule has 0 aromatic rings. The molecule has 0 N–H and O–H groups in total. The highest BCUT2D eigenvalue weighted by Crippen LogP contribution is 2.38. The van der Waals surface area contributed by atoms with Crippen molar-refractivity contribution in [3.63, 3.8) is 0 Å². The average molecular weight is 136 g/mol. The summed E-state index contributed by atoms with van der Waals surface area (Å²) in [6.07, 6.45) is 13.7. The fourth-order valence-electron chi connectivity index (χ4n) is 2.38. The summed E-state index contributed by atoms with van der Waals surface area (Å²) in [6, 6.07) is 0. The lowest BCUT2D eigenvalue weighted by Crippen LogP contribution is -2.23. The largest absolute Gasteiger partial charge is 0.0527 e. The minimum absolute atomic E-state index is 0.975.